The first-order chi connectivity index (χ1) is 7.13. The Bertz CT molecular complexity index is 362. The van der Waals surface area contributed by atoms with Gasteiger partial charge in [0.1, 0.15) is 12.0 Å². The van der Waals surface area contributed by atoms with Crippen LogP contribution in [0.5, 0.6) is 5.75 Å². The van der Waals surface area contributed by atoms with Gasteiger partial charge in [0, 0.05) is 17.9 Å². The van der Waals surface area contributed by atoms with E-state index in [-0.39, 0.29) is 0 Å². The molecule has 0 amide bonds. The number of benzene rings is 1. The molecular formula is C11H15O3P. The summed E-state index contributed by atoms with van der Waals surface area (Å²) in [5.41, 5.74) is 0.588. The van der Waals surface area contributed by atoms with Crippen molar-refractivity contribution < 1.29 is 13.9 Å². The van der Waals surface area contributed by atoms with E-state index in [1.165, 1.54) is 0 Å². The van der Waals surface area contributed by atoms with Gasteiger partial charge in [-0.3, -0.25) is 9.36 Å². The van der Waals surface area contributed by atoms with E-state index >= 15 is 0 Å². The summed E-state index contributed by atoms with van der Waals surface area (Å²) in [6, 6.07) is 6.64. The van der Waals surface area contributed by atoms with E-state index in [0.717, 1.165) is 6.29 Å². The van der Waals surface area contributed by atoms with Gasteiger partial charge in [-0.05, 0) is 24.3 Å². The molecule has 0 heterocycles. The van der Waals surface area contributed by atoms with Gasteiger partial charge < -0.3 is 4.52 Å². The molecule has 0 fully saturated rings. The minimum absolute atomic E-state index is 0.527. The van der Waals surface area contributed by atoms with Crippen LogP contribution < -0.4 is 4.52 Å². The lowest BCUT2D eigenvalue weighted by Gasteiger charge is -2.16. The lowest BCUT2D eigenvalue weighted by Crippen LogP contribution is -1.98. The van der Waals surface area contributed by atoms with Gasteiger partial charge in [-0.25, -0.2) is 0 Å². The number of hydrogen-bond donors (Lipinski definition) is 0. The molecule has 3 nitrogen and oxygen atoms in total. The van der Waals surface area contributed by atoms with Gasteiger partial charge in [-0.2, -0.15) is 0 Å². The largest absolute Gasteiger partial charge is 0.443 e. The molecule has 0 N–H and O–H groups in total. The number of hydrogen-bond acceptors (Lipinski definition) is 3. The van der Waals surface area contributed by atoms with Crippen LogP contribution in [0.25, 0.3) is 0 Å². The molecule has 1 aromatic rings. The van der Waals surface area contributed by atoms with Gasteiger partial charge in [0.15, 0.2) is 0 Å². The SMILES string of the molecule is CCP(=O)(CC)Oc1ccc(C=O)cc1. The predicted octanol–water partition coefficient (Wildman–Crippen LogP) is 3.20. The zero-order chi connectivity index (χ0) is 11.3. The van der Waals surface area contributed by atoms with E-state index in [1.807, 2.05) is 13.8 Å². The standard InChI is InChI=1S/C11H15O3P/c1-3-15(13,4-2)14-11-7-5-10(9-12)6-8-11/h5-9H,3-4H2,1-2H3. The molecule has 0 bridgehead atoms. The smallest absolute Gasteiger partial charge is 0.247 e. The third kappa shape index (κ3) is 3.21. The summed E-state index contributed by atoms with van der Waals surface area (Å²) in [6.07, 6.45) is 1.82. The molecule has 0 aromatic heterocycles. The van der Waals surface area contributed by atoms with Crippen molar-refractivity contribution in [3.63, 3.8) is 0 Å². The lowest BCUT2D eigenvalue weighted by molar-refractivity contribution is 0.112. The maximum Gasteiger partial charge on any atom is 0.247 e. The molecule has 0 aliphatic carbocycles. The molecule has 0 saturated carbocycles. The number of carbonyl (C=O) groups is 1. The van der Waals surface area contributed by atoms with Crippen LogP contribution in [0.4, 0.5) is 0 Å². The summed E-state index contributed by atoms with van der Waals surface area (Å²) in [5, 5.41) is 0. The predicted molar refractivity (Wildman–Crippen MR) is 61.1 cm³/mol. The van der Waals surface area contributed by atoms with Crippen molar-refractivity contribution in [2.45, 2.75) is 13.8 Å². The first kappa shape index (κ1) is 12.0. The van der Waals surface area contributed by atoms with Crippen molar-refractivity contribution in [3.05, 3.63) is 29.8 Å². The Morgan fingerprint density at radius 2 is 1.73 bits per heavy atom. The quantitative estimate of drug-likeness (QED) is 0.572. The topological polar surface area (TPSA) is 43.4 Å². The lowest BCUT2D eigenvalue weighted by atomic mass is 10.2. The average molecular weight is 226 g/mol. The molecule has 4 heteroatoms. The molecule has 0 atom stereocenters. The Hall–Kier alpha value is -1.08. The molecule has 0 unspecified atom stereocenters. The summed E-state index contributed by atoms with van der Waals surface area (Å²) in [6.45, 7) is 3.70. The van der Waals surface area contributed by atoms with Gasteiger partial charge >= 0.3 is 0 Å². The molecule has 0 spiro atoms. The van der Waals surface area contributed by atoms with Crippen molar-refractivity contribution in [1.29, 1.82) is 0 Å². The minimum Gasteiger partial charge on any atom is -0.443 e. The second-order valence-corrected chi connectivity index (χ2v) is 6.30. The van der Waals surface area contributed by atoms with E-state index in [9.17, 15) is 9.36 Å². The maximum absolute atomic E-state index is 12.0. The van der Waals surface area contributed by atoms with Crippen molar-refractivity contribution in [2.24, 2.45) is 0 Å². The van der Waals surface area contributed by atoms with Crippen LogP contribution in [0.3, 0.4) is 0 Å². The van der Waals surface area contributed by atoms with Crippen LogP contribution in [0.15, 0.2) is 24.3 Å². The second-order valence-electron chi connectivity index (χ2n) is 3.23. The molecule has 1 aromatic carbocycles. The van der Waals surface area contributed by atoms with Gasteiger partial charge in [-0.15, -0.1) is 0 Å². The van der Waals surface area contributed by atoms with Crippen molar-refractivity contribution in [1.82, 2.24) is 0 Å². The van der Waals surface area contributed by atoms with Crippen molar-refractivity contribution >= 4 is 13.7 Å². The molecule has 82 valence electrons. The van der Waals surface area contributed by atoms with E-state index in [0.29, 0.717) is 23.6 Å². The van der Waals surface area contributed by atoms with Gasteiger partial charge in [0.05, 0.1) is 0 Å². The summed E-state index contributed by atoms with van der Waals surface area (Å²) in [7, 11) is -2.51. The zero-order valence-electron chi connectivity index (χ0n) is 8.97. The summed E-state index contributed by atoms with van der Waals surface area (Å²) in [4.78, 5) is 10.4. The van der Waals surface area contributed by atoms with Crippen LogP contribution in [0, 0.1) is 0 Å². The third-order valence-electron chi connectivity index (χ3n) is 2.25. The molecule has 0 aliphatic heterocycles. The fourth-order valence-electron chi connectivity index (χ4n) is 1.15. The van der Waals surface area contributed by atoms with E-state index in [4.69, 9.17) is 4.52 Å². The van der Waals surface area contributed by atoms with Crippen LogP contribution in [0.1, 0.15) is 24.2 Å². The molecular weight excluding hydrogens is 211 g/mol. The average Bonchev–Trinajstić information content (AvgIpc) is 2.30. The molecule has 0 radical (unpaired) electrons. The van der Waals surface area contributed by atoms with Crippen molar-refractivity contribution in [3.8, 4) is 5.75 Å². The fraction of sp³-hybridized carbons (Fsp3) is 0.364. The number of aldehydes is 1. The Kier molecular flexibility index (Phi) is 4.10. The Balaban J connectivity index is 2.80. The Morgan fingerprint density at radius 1 is 1.20 bits per heavy atom. The highest BCUT2D eigenvalue weighted by atomic mass is 31.2. The summed E-state index contributed by atoms with van der Waals surface area (Å²) >= 11 is 0. The molecule has 15 heavy (non-hydrogen) atoms. The number of rotatable bonds is 5. The van der Waals surface area contributed by atoms with E-state index in [1.54, 1.807) is 24.3 Å². The molecule has 0 aliphatic rings. The maximum atomic E-state index is 12.0. The van der Waals surface area contributed by atoms with Crippen LogP contribution in [-0.4, -0.2) is 18.6 Å². The van der Waals surface area contributed by atoms with Crippen molar-refractivity contribution in [2.75, 3.05) is 12.3 Å². The Morgan fingerprint density at radius 3 is 2.13 bits per heavy atom. The van der Waals surface area contributed by atoms with Gasteiger partial charge in [0.2, 0.25) is 7.37 Å². The number of carbonyl (C=O) groups excluding carboxylic acids is 1. The molecule has 0 saturated heterocycles. The Labute approximate surface area is 89.9 Å². The van der Waals surface area contributed by atoms with E-state index < -0.39 is 7.37 Å². The fourth-order valence-corrected chi connectivity index (χ4v) is 2.36. The normalized spacial score (nSPS) is 11.1. The highest BCUT2D eigenvalue weighted by Gasteiger charge is 2.18. The third-order valence-corrected chi connectivity index (χ3v) is 4.72. The second kappa shape index (κ2) is 5.13. The van der Waals surface area contributed by atoms with Gasteiger partial charge in [0.25, 0.3) is 0 Å². The highest BCUT2D eigenvalue weighted by molar-refractivity contribution is 7.59. The van der Waals surface area contributed by atoms with Crippen LogP contribution >= 0.6 is 7.37 Å². The highest BCUT2D eigenvalue weighted by Crippen LogP contribution is 2.45. The molecule has 1 rings (SSSR count). The van der Waals surface area contributed by atoms with E-state index in [2.05, 4.69) is 0 Å². The summed E-state index contributed by atoms with van der Waals surface area (Å²) < 4.78 is 17.4. The summed E-state index contributed by atoms with van der Waals surface area (Å²) in [5.74, 6) is 0.563. The minimum atomic E-state index is -2.51. The first-order valence-corrected chi connectivity index (χ1v) is 6.96. The van der Waals surface area contributed by atoms with Gasteiger partial charge in [-0.1, -0.05) is 13.8 Å². The monoisotopic (exact) mass is 226 g/mol. The zero-order valence-corrected chi connectivity index (χ0v) is 9.87. The van der Waals surface area contributed by atoms with Crippen LogP contribution in [0.2, 0.25) is 0 Å². The first-order valence-electron chi connectivity index (χ1n) is 4.96. The van der Waals surface area contributed by atoms with Crippen LogP contribution in [-0.2, 0) is 4.57 Å².